The van der Waals surface area contributed by atoms with Gasteiger partial charge in [-0.15, -0.1) is 0 Å². The third-order valence-corrected chi connectivity index (χ3v) is 5.15. The summed E-state index contributed by atoms with van der Waals surface area (Å²) in [5.41, 5.74) is 4.28. The maximum Gasteiger partial charge on any atom is 0.0478 e. The minimum Gasteiger partial charge on any atom is -0.357 e. The fraction of sp³-hybridized carbons (Fsp3) is 0.529. The Morgan fingerprint density at radius 3 is 3.05 bits per heavy atom. The van der Waals surface area contributed by atoms with Gasteiger partial charge in [0.25, 0.3) is 0 Å². The number of aromatic nitrogens is 1. The molecule has 0 saturated carbocycles. The first-order chi connectivity index (χ1) is 9.83. The van der Waals surface area contributed by atoms with Crippen LogP contribution in [0.5, 0.6) is 0 Å². The number of aromatic amines is 1. The molecule has 2 aromatic rings. The van der Waals surface area contributed by atoms with E-state index in [1.54, 1.807) is 5.56 Å². The van der Waals surface area contributed by atoms with Gasteiger partial charge in [-0.25, -0.2) is 0 Å². The molecule has 0 aliphatic heterocycles. The van der Waals surface area contributed by atoms with Gasteiger partial charge in [-0.05, 0) is 43.6 Å². The average Bonchev–Trinajstić information content (AvgIpc) is 2.86. The molecule has 3 heteroatoms. The zero-order valence-corrected chi connectivity index (χ0v) is 13.2. The summed E-state index contributed by atoms with van der Waals surface area (Å²) in [5, 5.41) is 5.29. The van der Waals surface area contributed by atoms with Crippen molar-refractivity contribution in [1.29, 1.82) is 0 Å². The van der Waals surface area contributed by atoms with Crippen LogP contribution >= 0.6 is 11.8 Å². The monoisotopic (exact) mass is 288 g/mol. The number of hydrogen-bond donors (Lipinski definition) is 2. The predicted octanol–water partition coefficient (Wildman–Crippen LogP) is 4.28. The van der Waals surface area contributed by atoms with Crippen LogP contribution in [0.2, 0.25) is 0 Å². The zero-order chi connectivity index (χ0) is 13.9. The Labute approximate surface area is 125 Å². The summed E-state index contributed by atoms with van der Waals surface area (Å²) in [6, 6.07) is 9.84. The third-order valence-electron chi connectivity index (χ3n) is 4.41. The minimum atomic E-state index is 0.503. The molecule has 0 fully saturated rings. The molecule has 3 rings (SSSR count). The van der Waals surface area contributed by atoms with E-state index in [2.05, 4.69) is 47.7 Å². The number of fused-ring (bicyclic) bond motifs is 3. The Hall–Kier alpha value is -0.930. The number of benzene rings is 1. The summed E-state index contributed by atoms with van der Waals surface area (Å²) in [6.07, 6.45) is 7.16. The second kappa shape index (κ2) is 6.23. The molecule has 2 unspecified atom stereocenters. The molecule has 2 atom stereocenters. The highest BCUT2D eigenvalue weighted by Gasteiger charge is 2.25. The SMILES string of the molecule is CCC(CSC)NC1CCCc2c1[nH]c1ccccc21. The highest BCUT2D eigenvalue weighted by atomic mass is 32.2. The molecule has 0 bridgehead atoms. The summed E-state index contributed by atoms with van der Waals surface area (Å²) in [7, 11) is 0. The van der Waals surface area contributed by atoms with Gasteiger partial charge in [0.15, 0.2) is 0 Å². The van der Waals surface area contributed by atoms with Crippen LogP contribution < -0.4 is 5.32 Å². The summed E-state index contributed by atoms with van der Waals surface area (Å²) in [5.74, 6) is 1.20. The summed E-state index contributed by atoms with van der Waals surface area (Å²) in [6.45, 7) is 2.28. The third kappa shape index (κ3) is 2.61. The van der Waals surface area contributed by atoms with Gasteiger partial charge in [0.2, 0.25) is 0 Å². The Morgan fingerprint density at radius 2 is 2.25 bits per heavy atom. The van der Waals surface area contributed by atoms with Gasteiger partial charge in [-0.3, -0.25) is 0 Å². The molecule has 2 N–H and O–H groups in total. The normalized spacial score (nSPS) is 20.0. The van der Waals surface area contributed by atoms with Crippen LogP contribution in [-0.4, -0.2) is 23.0 Å². The molecule has 1 heterocycles. The number of H-pyrrole nitrogens is 1. The molecule has 0 saturated heterocycles. The van der Waals surface area contributed by atoms with Gasteiger partial charge in [0, 0.05) is 34.4 Å². The van der Waals surface area contributed by atoms with Gasteiger partial charge >= 0.3 is 0 Å². The van der Waals surface area contributed by atoms with Crippen LogP contribution in [0.25, 0.3) is 10.9 Å². The lowest BCUT2D eigenvalue weighted by atomic mass is 9.91. The highest BCUT2D eigenvalue weighted by Crippen LogP contribution is 2.35. The predicted molar refractivity (Wildman–Crippen MR) is 89.6 cm³/mol. The van der Waals surface area contributed by atoms with Crippen LogP contribution in [0, 0.1) is 0 Å². The van der Waals surface area contributed by atoms with E-state index in [0.29, 0.717) is 12.1 Å². The lowest BCUT2D eigenvalue weighted by Gasteiger charge is -2.28. The molecular weight excluding hydrogens is 264 g/mol. The van der Waals surface area contributed by atoms with E-state index >= 15 is 0 Å². The van der Waals surface area contributed by atoms with Crippen LogP contribution in [0.4, 0.5) is 0 Å². The van der Waals surface area contributed by atoms with E-state index in [9.17, 15) is 0 Å². The first-order valence-corrected chi connectivity index (χ1v) is 9.07. The summed E-state index contributed by atoms with van der Waals surface area (Å²) in [4.78, 5) is 3.67. The van der Waals surface area contributed by atoms with Gasteiger partial charge in [-0.1, -0.05) is 25.1 Å². The van der Waals surface area contributed by atoms with Crippen LogP contribution in [-0.2, 0) is 6.42 Å². The Morgan fingerprint density at radius 1 is 1.40 bits per heavy atom. The van der Waals surface area contributed by atoms with E-state index in [1.165, 1.54) is 48.0 Å². The second-order valence-electron chi connectivity index (χ2n) is 5.73. The van der Waals surface area contributed by atoms with Crippen LogP contribution in [0.15, 0.2) is 24.3 Å². The molecule has 0 spiro atoms. The quantitative estimate of drug-likeness (QED) is 0.859. The van der Waals surface area contributed by atoms with Crippen LogP contribution in [0.3, 0.4) is 0 Å². The number of rotatable bonds is 5. The first-order valence-electron chi connectivity index (χ1n) is 7.68. The van der Waals surface area contributed by atoms with E-state index < -0.39 is 0 Å². The van der Waals surface area contributed by atoms with Gasteiger partial charge in [0.1, 0.15) is 0 Å². The fourth-order valence-corrected chi connectivity index (χ4v) is 4.09. The molecule has 20 heavy (non-hydrogen) atoms. The van der Waals surface area contributed by atoms with E-state index in [0.717, 1.165) is 0 Å². The number of thioether (sulfide) groups is 1. The molecule has 0 radical (unpaired) electrons. The van der Waals surface area contributed by atoms with E-state index in [-0.39, 0.29) is 0 Å². The van der Waals surface area contributed by atoms with Crippen molar-refractivity contribution in [3.05, 3.63) is 35.5 Å². The van der Waals surface area contributed by atoms with E-state index in [1.807, 2.05) is 11.8 Å². The molecular formula is C17H24N2S. The van der Waals surface area contributed by atoms with Crippen molar-refractivity contribution in [3.8, 4) is 0 Å². The lowest BCUT2D eigenvalue weighted by Crippen LogP contribution is -2.36. The van der Waals surface area contributed by atoms with Crippen molar-refractivity contribution in [2.24, 2.45) is 0 Å². The fourth-order valence-electron chi connectivity index (χ4n) is 3.35. The van der Waals surface area contributed by atoms with Gasteiger partial charge < -0.3 is 10.3 Å². The van der Waals surface area contributed by atoms with Crippen LogP contribution in [0.1, 0.15) is 43.5 Å². The maximum atomic E-state index is 3.87. The van der Waals surface area contributed by atoms with E-state index in [4.69, 9.17) is 0 Å². The summed E-state index contributed by atoms with van der Waals surface area (Å²) < 4.78 is 0. The van der Waals surface area contributed by atoms with Gasteiger partial charge in [0.05, 0.1) is 0 Å². The zero-order valence-electron chi connectivity index (χ0n) is 12.4. The second-order valence-corrected chi connectivity index (χ2v) is 6.65. The smallest absolute Gasteiger partial charge is 0.0478 e. The average molecular weight is 288 g/mol. The largest absolute Gasteiger partial charge is 0.357 e. The first kappa shape index (κ1) is 14.0. The van der Waals surface area contributed by atoms with Crippen molar-refractivity contribution >= 4 is 22.7 Å². The summed E-state index contributed by atoms with van der Waals surface area (Å²) >= 11 is 1.94. The Bertz CT molecular complexity index is 575. The minimum absolute atomic E-state index is 0.503. The topological polar surface area (TPSA) is 27.8 Å². The Balaban J connectivity index is 1.89. The molecule has 1 aromatic carbocycles. The number of hydrogen-bond acceptors (Lipinski definition) is 2. The van der Waals surface area contributed by atoms with Crippen molar-refractivity contribution < 1.29 is 0 Å². The molecule has 1 aliphatic carbocycles. The van der Waals surface area contributed by atoms with Gasteiger partial charge in [-0.2, -0.15) is 11.8 Å². The molecule has 1 aromatic heterocycles. The number of aryl methyl sites for hydroxylation is 1. The van der Waals surface area contributed by atoms with Crippen molar-refractivity contribution in [1.82, 2.24) is 10.3 Å². The molecule has 2 nitrogen and oxygen atoms in total. The molecule has 0 amide bonds. The molecule has 108 valence electrons. The van der Waals surface area contributed by atoms with Crippen molar-refractivity contribution in [3.63, 3.8) is 0 Å². The standard InChI is InChI=1S/C17H24N2S/c1-3-12(11-20-2)18-16-10-6-8-14-13-7-4-5-9-15(13)19-17(14)16/h4-5,7,9,12,16,18-19H,3,6,8,10-11H2,1-2H3. The lowest BCUT2D eigenvalue weighted by molar-refractivity contribution is 0.401. The highest BCUT2D eigenvalue weighted by molar-refractivity contribution is 7.98. The van der Waals surface area contributed by atoms with Crippen molar-refractivity contribution in [2.75, 3.05) is 12.0 Å². The number of para-hydroxylation sites is 1. The number of nitrogens with one attached hydrogen (secondary N) is 2. The maximum absolute atomic E-state index is 3.87. The van der Waals surface area contributed by atoms with Crippen molar-refractivity contribution in [2.45, 2.75) is 44.7 Å². The Kier molecular flexibility index (Phi) is 4.37. The molecule has 1 aliphatic rings.